The van der Waals surface area contributed by atoms with Gasteiger partial charge in [0.1, 0.15) is 5.75 Å². The Morgan fingerprint density at radius 2 is 2.22 bits per heavy atom. The van der Waals surface area contributed by atoms with Gasteiger partial charge in [-0.3, -0.25) is 4.90 Å². The van der Waals surface area contributed by atoms with Gasteiger partial charge in [0.15, 0.2) is 0 Å². The first-order valence-electron chi connectivity index (χ1n) is 6.76. The summed E-state index contributed by atoms with van der Waals surface area (Å²) in [7, 11) is 1.71. The van der Waals surface area contributed by atoms with Crippen LogP contribution in [-0.4, -0.2) is 30.5 Å². The normalized spacial score (nSPS) is 21.6. The number of rotatable bonds is 4. The van der Waals surface area contributed by atoms with Crippen molar-refractivity contribution in [2.45, 2.75) is 38.3 Å². The molecule has 2 rings (SSSR count). The molecule has 1 unspecified atom stereocenters. The van der Waals surface area contributed by atoms with Crippen molar-refractivity contribution in [1.29, 1.82) is 0 Å². The molecule has 2 nitrogen and oxygen atoms in total. The monoisotopic (exact) mass is 267 g/mol. The standard InChI is InChI=1S/C15H22ClNO/c1-18-15-8-5-6-13(10-15)12-17-9-4-2-3-7-14(17)11-16/h5-6,8,10,14H,2-4,7,9,11-12H2,1H3. The lowest BCUT2D eigenvalue weighted by Crippen LogP contribution is -2.35. The van der Waals surface area contributed by atoms with Crippen LogP contribution in [0.5, 0.6) is 5.75 Å². The van der Waals surface area contributed by atoms with Gasteiger partial charge in [0.2, 0.25) is 0 Å². The lowest BCUT2D eigenvalue weighted by molar-refractivity contribution is 0.207. The number of halogens is 1. The summed E-state index contributed by atoms with van der Waals surface area (Å²) in [5.74, 6) is 1.67. The van der Waals surface area contributed by atoms with E-state index in [1.54, 1.807) is 7.11 Å². The number of nitrogens with zero attached hydrogens (tertiary/aromatic N) is 1. The topological polar surface area (TPSA) is 12.5 Å². The zero-order chi connectivity index (χ0) is 12.8. The van der Waals surface area contributed by atoms with Crippen molar-refractivity contribution in [2.75, 3.05) is 19.5 Å². The molecule has 3 heteroatoms. The van der Waals surface area contributed by atoms with Gasteiger partial charge in [0.05, 0.1) is 7.11 Å². The van der Waals surface area contributed by atoms with Crippen molar-refractivity contribution in [3.8, 4) is 5.75 Å². The van der Waals surface area contributed by atoms with E-state index in [4.69, 9.17) is 16.3 Å². The van der Waals surface area contributed by atoms with E-state index in [-0.39, 0.29) is 0 Å². The second kappa shape index (κ2) is 7.01. The van der Waals surface area contributed by atoms with Crippen LogP contribution in [0.3, 0.4) is 0 Å². The molecule has 100 valence electrons. The summed E-state index contributed by atoms with van der Waals surface area (Å²) in [6.45, 7) is 2.14. The highest BCUT2D eigenvalue weighted by atomic mass is 35.5. The Morgan fingerprint density at radius 1 is 1.33 bits per heavy atom. The maximum atomic E-state index is 6.11. The van der Waals surface area contributed by atoms with Gasteiger partial charge in [-0.1, -0.05) is 25.0 Å². The second-order valence-electron chi connectivity index (χ2n) is 4.98. The van der Waals surface area contributed by atoms with Crippen LogP contribution in [0, 0.1) is 0 Å². The zero-order valence-electron chi connectivity index (χ0n) is 11.1. The fourth-order valence-corrected chi connectivity index (χ4v) is 2.97. The third-order valence-corrected chi connectivity index (χ3v) is 4.05. The van der Waals surface area contributed by atoms with Crippen molar-refractivity contribution >= 4 is 11.6 Å². The Kier molecular flexibility index (Phi) is 5.33. The maximum absolute atomic E-state index is 6.11. The highest BCUT2D eigenvalue weighted by Crippen LogP contribution is 2.21. The fraction of sp³-hybridized carbons (Fsp3) is 0.600. The van der Waals surface area contributed by atoms with E-state index in [0.717, 1.165) is 24.7 Å². The van der Waals surface area contributed by atoms with Gasteiger partial charge in [0, 0.05) is 18.5 Å². The van der Waals surface area contributed by atoms with Crippen molar-refractivity contribution in [1.82, 2.24) is 4.90 Å². The van der Waals surface area contributed by atoms with Gasteiger partial charge in [-0.25, -0.2) is 0 Å². The summed E-state index contributed by atoms with van der Waals surface area (Å²) in [4.78, 5) is 2.52. The molecule has 0 bridgehead atoms. The lowest BCUT2D eigenvalue weighted by Gasteiger charge is -2.28. The van der Waals surface area contributed by atoms with Crippen LogP contribution in [-0.2, 0) is 6.54 Å². The molecule has 1 saturated heterocycles. The maximum Gasteiger partial charge on any atom is 0.119 e. The van der Waals surface area contributed by atoms with E-state index in [0.29, 0.717) is 6.04 Å². The van der Waals surface area contributed by atoms with Gasteiger partial charge in [0.25, 0.3) is 0 Å². The smallest absolute Gasteiger partial charge is 0.119 e. The van der Waals surface area contributed by atoms with Crippen molar-refractivity contribution < 1.29 is 4.74 Å². The number of hydrogen-bond acceptors (Lipinski definition) is 2. The summed E-state index contributed by atoms with van der Waals surface area (Å²) < 4.78 is 5.28. The Labute approximate surface area is 115 Å². The molecule has 0 N–H and O–H groups in total. The molecular formula is C15H22ClNO. The Morgan fingerprint density at radius 3 is 3.00 bits per heavy atom. The van der Waals surface area contributed by atoms with E-state index in [2.05, 4.69) is 23.1 Å². The molecule has 0 saturated carbocycles. The molecule has 1 aromatic carbocycles. The molecule has 0 amide bonds. The van der Waals surface area contributed by atoms with Crippen molar-refractivity contribution in [3.05, 3.63) is 29.8 Å². The number of hydrogen-bond donors (Lipinski definition) is 0. The number of methoxy groups -OCH3 is 1. The predicted octanol–water partition coefficient (Wildman–Crippen LogP) is 3.68. The Bertz CT molecular complexity index is 369. The van der Waals surface area contributed by atoms with Gasteiger partial charge in [-0.05, 0) is 37.1 Å². The Balaban J connectivity index is 2.05. The molecule has 1 aromatic rings. The number of benzene rings is 1. The minimum absolute atomic E-state index is 0.528. The first-order chi connectivity index (χ1) is 8.83. The van der Waals surface area contributed by atoms with Crippen LogP contribution in [0.4, 0.5) is 0 Å². The predicted molar refractivity (Wildman–Crippen MR) is 76.4 cm³/mol. The van der Waals surface area contributed by atoms with Crippen LogP contribution < -0.4 is 4.74 Å². The van der Waals surface area contributed by atoms with E-state index in [9.17, 15) is 0 Å². The molecule has 0 aliphatic carbocycles. The zero-order valence-corrected chi connectivity index (χ0v) is 11.8. The number of alkyl halides is 1. The van der Waals surface area contributed by atoms with Crippen LogP contribution in [0.15, 0.2) is 24.3 Å². The average Bonchev–Trinajstić information content (AvgIpc) is 2.64. The van der Waals surface area contributed by atoms with Gasteiger partial charge in [-0.2, -0.15) is 0 Å². The third kappa shape index (κ3) is 3.63. The van der Waals surface area contributed by atoms with Gasteiger partial charge in [-0.15, -0.1) is 11.6 Å². The summed E-state index contributed by atoms with van der Waals surface area (Å²) in [6, 6.07) is 8.86. The molecule has 1 fully saturated rings. The molecule has 1 heterocycles. The van der Waals surface area contributed by atoms with Crippen molar-refractivity contribution in [2.24, 2.45) is 0 Å². The molecule has 0 spiro atoms. The first-order valence-corrected chi connectivity index (χ1v) is 7.30. The van der Waals surface area contributed by atoms with E-state index in [1.165, 1.54) is 31.2 Å². The van der Waals surface area contributed by atoms with Crippen LogP contribution >= 0.6 is 11.6 Å². The Hall–Kier alpha value is -0.730. The number of likely N-dealkylation sites (tertiary alicyclic amines) is 1. The second-order valence-corrected chi connectivity index (χ2v) is 5.29. The van der Waals surface area contributed by atoms with Gasteiger partial charge < -0.3 is 4.74 Å². The molecular weight excluding hydrogens is 246 g/mol. The summed E-state index contributed by atoms with van der Waals surface area (Å²) in [6.07, 6.45) is 5.17. The van der Waals surface area contributed by atoms with Crippen molar-refractivity contribution in [3.63, 3.8) is 0 Å². The molecule has 1 atom stereocenters. The van der Waals surface area contributed by atoms with Gasteiger partial charge >= 0.3 is 0 Å². The minimum atomic E-state index is 0.528. The van der Waals surface area contributed by atoms with E-state index < -0.39 is 0 Å². The summed E-state index contributed by atoms with van der Waals surface area (Å²) >= 11 is 6.11. The molecule has 18 heavy (non-hydrogen) atoms. The van der Waals surface area contributed by atoms with Crippen LogP contribution in [0.25, 0.3) is 0 Å². The third-order valence-electron chi connectivity index (χ3n) is 3.70. The summed E-state index contributed by atoms with van der Waals surface area (Å²) in [5.41, 5.74) is 1.31. The summed E-state index contributed by atoms with van der Waals surface area (Å²) in [5, 5.41) is 0. The first kappa shape index (κ1) is 13.7. The molecule has 1 aliphatic heterocycles. The molecule has 1 aliphatic rings. The quantitative estimate of drug-likeness (QED) is 0.772. The molecule has 0 radical (unpaired) electrons. The number of ether oxygens (including phenoxy) is 1. The minimum Gasteiger partial charge on any atom is -0.497 e. The average molecular weight is 268 g/mol. The molecule has 0 aromatic heterocycles. The highest BCUT2D eigenvalue weighted by Gasteiger charge is 2.20. The van der Waals surface area contributed by atoms with Crippen LogP contribution in [0.1, 0.15) is 31.2 Å². The van der Waals surface area contributed by atoms with E-state index in [1.807, 2.05) is 6.07 Å². The SMILES string of the molecule is COc1cccc(CN2CCCCCC2CCl)c1. The fourth-order valence-electron chi connectivity index (χ4n) is 2.63. The van der Waals surface area contributed by atoms with Crippen LogP contribution in [0.2, 0.25) is 0 Å². The largest absolute Gasteiger partial charge is 0.497 e. The lowest BCUT2D eigenvalue weighted by atomic mass is 10.1. The van der Waals surface area contributed by atoms with E-state index >= 15 is 0 Å². The highest BCUT2D eigenvalue weighted by molar-refractivity contribution is 6.18.